The molecule has 0 aliphatic carbocycles. The number of alkyl halides is 3. The molecule has 0 saturated carbocycles. The molecule has 1 aromatic rings. The molecule has 2 rings (SSSR count). The number of hydrogen-bond acceptors (Lipinski definition) is 2. The van der Waals surface area contributed by atoms with Gasteiger partial charge in [0.2, 0.25) is 10.0 Å². The van der Waals surface area contributed by atoms with Gasteiger partial charge in [-0.05, 0) is 47.0 Å². The average Bonchev–Trinajstić information content (AvgIpc) is 2.37. The van der Waals surface area contributed by atoms with Crippen LogP contribution in [0, 0.1) is 11.7 Å². The molecule has 1 aromatic carbocycles. The highest BCUT2D eigenvalue weighted by atomic mass is 79.9. The Balaban J connectivity index is 2.19. The summed E-state index contributed by atoms with van der Waals surface area (Å²) in [6, 6.07) is 3.11. The van der Waals surface area contributed by atoms with Crippen molar-refractivity contribution < 1.29 is 26.0 Å². The van der Waals surface area contributed by atoms with Crippen molar-refractivity contribution in [3.8, 4) is 0 Å². The molecule has 1 heterocycles. The SMILES string of the molecule is O=S(=O)(c1ccc(F)cc1Br)N1CCC(C(F)(F)F)CC1. The van der Waals surface area contributed by atoms with E-state index in [0.29, 0.717) is 0 Å². The summed E-state index contributed by atoms with van der Waals surface area (Å²) in [6.45, 7) is -0.396. The highest BCUT2D eigenvalue weighted by Gasteiger charge is 2.43. The first-order valence-corrected chi connectivity index (χ1v) is 8.37. The Hall–Kier alpha value is -0.670. The highest BCUT2D eigenvalue weighted by molar-refractivity contribution is 9.10. The minimum atomic E-state index is -4.30. The molecule has 0 radical (unpaired) electrons. The van der Waals surface area contributed by atoms with Crippen molar-refractivity contribution in [1.82, 2.24) is 4.31 Å². The summed E-state index contributed by atoms with van der Waals surface area (Å²) in [4.78, 5) is -0.144. The zero-order valence-electron chi connectivity index (χ0n) is 10.7. The van der Waals surface area contributed by atoms with E-state index in [9.17, 15) is 26.0 Å². The van der Waals surface area contributed by atoms with Crippen LogP contribution in [0.5, 0.6) is 0 Å². The second-order valence-corrected chi connectivity index (χ2v) is 7.56. The van der Waals surface area contributed by atoms with Gasteiger partial charge < -0.3 is 0 Å². The van der Waals surface area contributed by atoms with Gasteiger partial charge in [0.05, 0.1) is 10.8 Å². The fourth-order valence-electron chi connectivity index (χ4n) is 2.25. The van der Waals surface area contributed by atoms with E-state index >= 15 is 0 Å². The molecule has 0 spiro atoms. The fraction of sp³-hybridized carbons (Fsp3) is 0.500. The molecular formula is C12H12BrF4NO2S. The number of benzene rings is 1. The maximum atomic E-state index is 13.0. The average molecular weight is 390 g/mol. The van der Waals surface area contributed by atoms with Crippen LogP contribution in [0.1, 0.15) is 12.8 Å². The summed E-state index contributed by atoms with van der Waals surface area (Å²) < 4.78 is 76.5. The number of sulfonamides is 1. The van der Waals surface area contributed by atoms with Crippen LogP contribution < -0.4 is 0 Å². The van der Waals surface area contributed by atoms with Gasteiger partial charge in [0, 0.05) is 17.6 Å². The van der Waals surface area contributed by atoms with Crippen LogP contribution in [0.15, 0.2) is 27.6 Å². The lowest BCUT2D eigenvalue weighted by Gasteiger charge is -2.32. The monoisotopic (exact) mass is 389 g/mol. The lowest BCUT2D eigenvalue weighted by molar-refractivity contribution is -0.182. The van der Waals surface area contributed by atoms with Gasteiger partial charge in [0.1, 0.15) is 5.82 Å². The van der Waals surface area contributed by atoms with Gasteiger partial charge in [-0.1, -0.05) is 0 Å². The highest BCUT2D eigenvalue weighted by Crippen LogP contribution is 2.36. The lowest BCUT2D eigenvalue weighted by atomic mass is 9.98. The maximum Gasteiger partial charge on any atom is 0.391 e. The summed E-state index contributed by atoms with van der Waals surface area (Å²) in [5, 5.41) is 0. The largest absolute Gasteiger partial charge is 0.391 e. The third-order valence-corrected chi connectivity index (χ3v) is 6.30. The Morgan fingerprint density at radius 2 is 1.76 bits per heavy atom. The Morgan fingerprint density at radius 1 is 1.19 bits per heavy atom. The van der Waals surface area contributed by atoms with Crippen LogP contribution in [-0.4, -0.2) is 32.0 Å². The standard InChI is InChI=1S/C12H12BrF4NO2S/c13-10-7-9(14)1-2-11(10)21(19,20)18-5-3-8(4-6-18)12(15,16)17/h1-2,7-8H,3-6H2. The maximum absolute atomic E-state index is 13.0. The molecule has 0 N–H and O–H groups in total. The molecule has 118 valence electrons. The lowest BCUT2D eigenvalue weighted by Crippen LogP contribution is -2.42. The van der Waals surface area contributed by atoms with Crippen LogP contribution in [0.4, 0.5) is 17.6 Å². The van der Waals surface area contributed by atoms with E-state index in [-0.39, 0.29) is 35.3 Å². The number of nitrogens with zero attached hydrogens (tertiary/aromatic N) is 1. The van der Waals surface area contributed by atoms with Crippen molar-refractivity contribution in [2.45, 2.75) is 23.9 Å². The van der Waals surface area contributed by atoms with Crippen molar-refractivity contribution in [1.29, 1.82) is 0 Å². The molecule has 0 aromatic heterocycles. The molecule has 1 aliphatic heterocycles. The summed E-state index contributed by atoms with van der Waals surface area (Å²) in [5.41, 5.74) is 0. The normalized spacial score (nSPS) is 18.9. The summed E-state index contributed by atoms with van der Waals surface area (Å²) in [6.07, 6.45) is -4.82. The molecule has 1 aliphatic rings. The summed E-state index contributed by atoms with van der Waals surface area (Å²) in [5.74, 6) is -2.07. The second kappa shape index (κ2) is 5.85. The quantitative estimate of drug-likeness (QED) is 0.725. The van der Waals surface area contributed by atoms with Gasteiger partial charge in [-0.3, -0.25) is 0 Å². The Bertz CT molecular complexity index is 625. The van der Waals surface area contributed by atoms with Crippen molar-refractivity contribution in [3.05, 3.63) is 28.5 Å². The van der Waals surface area contributed by atoms with Gasteiger partial charge >= 0.3 is 6.18 Å². The van der Waals surface area contributed by atoms with Gasteiger partial charge in [-0.25, -0.2) is 12.8 Å². The van der Waals surface area contributed by atoms with Crippen molar-refractivity contribution in [3.63, 3.8) is 0 Å². The van der Waals surface area contributed by atoms with E-state index in [1.165, 1.54) is 0 Å². The Morgan fingerprint density at radius 3 is 2.24 bits per heavy atom. The zero-order valence-corrected chi connectivity index (χ0v) is 13.1. The summed E-state index contributed by atoms with van der Waals surface area (Å²) >= 11 is 2.97. The van der Waals surface area contributed by atoms with Crippen LogP contribution in [0.2, 0.25) is 0 Å². The molecule has 3 nitrogen and oxygen atoms in total. The minimum Gasteiger partial charge on any atom is -0.207 e. The molecule has 0 atom stereocenters. The zero-order chi connectivity index (χ0) is 15.8. The first-order chi connectivity index (χ1) is 9.62. The number of rotatable bonds is 2. The van der Waals surface area contributed by atoms with E-state index in [0.717, 1.165) is 22.5 Å². The van der Waals surface area contributed by atoms with Gasteiger partial charge in [-0.2, -0.15) is 17.5 Å². The molecule has 0 bridgehead atoms. The minimum absolute atomic E-state index is 0.0560. The molecule has 0 amide bonds. The Kier molecular flexibility index (Phi) is 4.65. The van der Waals surface area contributed by atoms with Gasteiger partial charge in [-0.15, -0.1) is 0 Å². The van der Waals surface area contributed by atoms with Crippen molar-refractivity contribution in [2.24, 2.45) is 5.92 Å². The van der Waals surface area contributed by atoms with Crippen molar-refractivity contribution in [2.75, 3.05) is 13.1 Å². The van der Waals surface area contributed by atoms with E-state index in [1.807, 2.05) is 0 Å². The molecule has 0 unspecified atom stereocenters. The van der Waals surface area contributed by atoms with E-state index in [2.05, 4.69) is 15.9 Å². The number of piperidine rings is 1. The van der Waals surface area contributed by atoms with Crippen LogP contribution in [0.25, 0.3) is 0 Å². The van der Waals surface area contributed by atoms with Crippen LogP contribution >= 0.6 is 15.9 Å². The topological polar surface area (TPSA) is 37.4 Å². The fourth-order valence-corrected chi connectivity index (χ4v) is 4.73. The first-order valence-electron chi connectivity index (χ1n) is 6.14. The van der Waals surface area contributed by atoms with E-state index < -0.39 is 27.9 Å². The van der Waals surface area contributed by atoms with Crippen molar-refractivity contribution >= 4 is 26.0 Å². The third-order valence-electron chi connectivity index (χ3n) is 3.43. The third kappa shape index (κ3) is 3.57. The predicted octanol–water partition coefficient (Wildman–Crippen LogP) is 3.55. The van der Waals surface area contributed by atoms with Gasteiger partial charge in [0.15, 0.2) is 0 Å². The Labute approximate surface area is 128 Å². The van der Waals surface area contributed by atoms with Gasteiger partial charge in [0.25, 0.3) is 0 Å². The number of halogens is 5. The second-order valence-electron chi connectivity index (χ2n) is 4.79. The summed E-state index contributed by atoms with van der Waals surface area (Å²) in [7, 11) is -3.93. The van der Waals surface area contributed by atoms with E-state index in [1.54, 1.807) is 0 Å². The van der Waals surface area contributed by atoms with E-state index in [4.69, 9.17) is 0 Å². The first kappa shape index (κ1) is 16.7. The molecule has 9 heteroatoms. The number of hydrogen-bond donors (Lipinski definition) is 0. The molecule has 1 saturated heterocycles. The molecule has 21 heavy (non-hydrogen) atoms. The van der Waals surface area contributed by atoms with Crippen LogP contribution in [-0.2, 0) is 10.0 Å². The molecular weight excluding hydrogens is 378 g/mol. The predicted molar refractivity (Wildman–Crippen MR) is 71.6 cm³/mol. The van der Waals surface area contributed by atoms with Crippen LogP contribution in [0.3, 0.4) is 0 Å². The molecule has 1 fully saturated rings. The smallest absolute Gasteiger partial charge is 0.207 e.